The summed E-state index contributed by atoms with van der Waals surface area (Å²) in [5, 5.41) is 38.4. The van der Waals surface area contributed by atoms with Crippen molar-refractivity contribution < 1.29 is 15.1 Å². The van der Waals surface area contributed by atoms with Crippen LogP contribution in [0.4, 0.5) is 5.69 Å². The van der Waals surface area contributed by atoms with E-state index in [0.29, 0.717) is 17.0 Å². The Morgan fingerprint density at radius 2 is 1.93 bits per heavy atom. The van der Waals surface area contributed by atoms with Gasteiger partial charge in [0.2, 0.25) is 5.16 Å². The molecule has 0 saturated carbocycles. The van der Waals surface area contributed by atoms with Crippen molar-refractivity contribution in [3.05, 3.63) is 65.1 Å². The number of aliphatic carboxylic acids is 1. The summed E-state index contributed by atoms with van der Waals surface area (Å²) >= 11 is 0.968. The highest BCUT2D eigenvalue weighted by Crippen LogP contribution is 2.30. The number of nitrogens with one attached hydrogen (secondary N) is 2. The van der Waals surface area contributed by atoms with Crippen molar-refractivity contribution in [1.82, 2.24) is 20.2 Å². The van der Waals surface area contributed by atoms with Gasteiger partial charge in [-0.3, -0.25) is 14.9 Å². The molecule has 10 heteroatoms. The number of nitrogens with zero attached hydrogens (tertiary/aromatic N) is 3. The summed E-state index contributed by atoms with van der Waals surface area (Å²) < 4.78 is 0. The molecule has 0 aliphatic heterocycles. The van der Waals surface area contributed by atoms with Gasteiger partial charge >= 0.3 is 5.97 Å². The molecule has 0 saturated heterocycles. The lowest BCUT2D eigenvalue weighted by Crippen LogP contribution is -2.96. The highest BCUT2D eigenvalue weighted by molar-refractivity contribution is 7.99. The highest BCUT2D eigenvalue weighted by Gasteiger charge is 2.12. The third kappa shape index (κ3) is 4.25. The lowest BCUT2D eigenvalue weighted by molar-refractivity contribution is -0.715. The average molecular weight is 408 g/mol. The maximum Gasteiger partial charge on any atom is 0.313 e. The second-order valence-electron chi connectivity index (χ2n) is 6.15. The van der Waals surface area contributed by atoms with Crippen LogP contribution in [0.15, 0.2) is 59.9 Å². The van der Waals surface area contributed by atoms with Gasteiger partial charge in [0.15, 0.2) is 5.82 Å². The highest BCUT2D eigenvalue weighted by atomic mass is 32.2. The minimum Gasteiger partial charge on any atom is -0.628 e. The molecular formula is C19H14N5O4S-. The van der Waals surface area contributed by atoms with Crippen LogP contribution in [0.5, 0.6) is 0 Å². The topological polar surface area (TPSA) is 142 Å². The van der Waals surface area contributed by atoms with Crippen molar-refractivity contribution >= 4 is 34.3 Å². The van der Waals surface area contributed by atoms with Crippen LogP contribution < -0.4 is 5.23 Å². The van der Waals surface area contributed by atoms with Gasteiger partial charge in [0.05, 0.1) is 11.3 Å². The van der Waals surface area contributed by atoms with Crippen LogP contribution in [-0.4, -0.2) is 37.0 Å². The second kappa shape index (κ2) is 7.97. The number of fused-ring (bicyclic) bond motifs is 1. The number of hydrogen-bond donors (Lipinski definition) is 3. The number of benzene rings is 2. The fourth-order valence-corrected chi connectivity index (χ4v) is 3.39. The molecule has 0 radical (unpaired) electrons. The van der Waals surface area contributed by atoms with E-state index in [-0.39, 0.29) is 16.6 Å². The maximum absolute atomic E-state index is 11.5. The molecule has 2 aromatic heterocycles. The predicted octanol–water partition coefficient (Wildman–Crippen LogP) is 2.38. The number of rotatable bonds is 6. The fraction of sp³-hybridized carbons (Fsp3) is 0.0526. The smallest absolute Gasteiger partial charge is 0.313 e. The van der Waals surface area contributed by atoms with Crippen LogP contribution in [0.25, 0.3) is 33.4 Å². The van der Waals surface area contributed by atoms with Crippen molar-refractivity contribution in [2.24, 2.45) is 0 Å². The SMILES string of the molecule is O=C(O)CSc1n[nH]c(-c2cc(-c3ccc4ncccc4c3)cc([NH+]([O-])[O-])c2)n1. The molecule has 0 bridgehead atoms. The van der Waals surface area contributed by atoms with Gasteiger partial charge in [-0.25, -0.2) is 4.98 Å². The summed E-state index contributed by atoms with van der Waals surface area (Å²) in [5.41, 5.74) is 2.82. The Kier molecular flexibility index (Phi) is 5.23. The molecule has 0 atom stereocenters. The molecular weight excluding hydrogens is 394 g/mol. The van der Waals surface area contributed by atoms with Crippen LogP contribution in [0, 0.1) is 10.4 Å². The number of aromatic nitrogens is 4. The van der Waals surface area contributed by atoms with Gasteiger partial charge in [0.25, 0.3) is 0 Å². The van der Waals surface area contributed by atoms with E-state index in [4.69, 9.17) is 5.11 Å². The number of carbonyl (C=O) groups is 1. The lowest BCUT2D eigenvalue weighted by Gasteiger charge is -2.25. The maximum atomic E-state index is 11.5. The zero-order chi connectivity index (χ0) is 20.4. The summed E-state index contributed by atoms with van der Waals surface area (Å²) in [5.74, 6) is -0.815. The molecule has 0 aliphatic rings. The van der Waals surface area contributed by atoms with Crippen LogP contribution in [0.1, 0.15) is 0 Å². The normalized spacial score (nSPS) is 11.3. The van der Waals surface area contributed by atoms with E-state index < -0.39 is 11.2 Å². The molecule has 2 heterocycles. The molecule has 3 N–H and O–H groups in total. The van der Waals surface area contributed by atoms with E-state index in [1.807, 2.05) is 30.3 Å². The molecule has 0 spiro atoms. The van der Waals surface area contributed by atoms with Gasteiger partial charge in [-0.15, -0.1) is 5.10 Å². The average Bonchev–Trinajstić information content (AvgIpc) is 3.20. The number of carboxylic acids is 1. The Labute approximate surface area is 168 Å². The van der Waals surface area contributed by atoms with Crippen LogP contribution >= 0.6 is 11.8 Å². The third-order valence-corrected chi connectivity index (χ3v) is 5.00. The number of thioether (sulfide) groups is 1. The van der Waals surface area contributed by atoms with E-state index in [0.717, 1.165) is 28.2 Å². The van der Waals surface area contributed by atoms with E-state index in [1.165, 1.54) is 12.1 Å². The molecule has 0 unspecified atom stereocenters. The largest absolute Gasteiger partial charge is 0.628 e. The Morgan fingerprint density at radius 1 is 1.10 bits per heavy atom. The molecule has 0 aliphatic carbocycles. The first-order valence-electron chi connectivity index (χ1n) is 8.48. The summed E-state index contributed by atoms with van der Waals surface area (Å²) in [7, 11) is 0. The van der Waals surface area contributed by atoms with Crippen molar-refractivity contribution in [3.8, 4) is 22.5 Å². The standard InChI is InChI=1S/C19H14N5O4S/c25-17(26)10-29-19-21-18(22-23-19)14-7-13(8-15(9-14)24(27)28)11-3-4-16-12(6-11)2-1-5-20-16/h1-9,24H,10H2,(H,25,26)(H,21,22,23)/q-1. The number of H-pyrrole nitrogens is 1. The second-order valence-corrected chi connectivity index (χ2v) is 7.09. The van der Waals surface area contributed by atoms with Crippen molar-refractivity contribution in [2.45, 2.75) is 5.16 Å². The first-order chi connectivity index (χ1) is 14.0. The zero-order valence-corrected chi connectivity index (χ0v) is 15.6. The first kappa shape index (κ1) is 19.0. The quantitative estimate of drug-likeness (QED) is 0.326. The predicted molar refractivity (Wildman–Crippen MR) is 108 cm³/mol. The van der Waals surface area contributed by atoms with Gasteiger partial charge in [0.1, 0.15) is 5.69 Å². The lowest BCUT2D eigenvalue weighted by atomic mass is 10.00. The molecule has 0 amide bonds. The Hall–Kier alpha value is -3.31. The zero-order valence-electron chi connectivity index (χ0n) is 14.8. The van der Waals surface area contributed by atoms with Crippen LogP contribution in [-0.2, 0) is 4.79 Å². The van der Waals surface area contributed by atoms with E-state index in [9.17, 15) is 15.2 Å². The van der Waals surface area contributed by atoms with E-state index in [1.54, 1.807) is 12.3 Å². The number of carboxylic acid groups (broad SMARTS) is 1. The summed E-state index contributed by atoms with van der Waals surface area (Å²) in [6, 6.07) is 14.2. The van der Waals surface area contributed by atoms with Crippen molar-refractivity contribution in [1.29, 1.82) is 0 Å². The summed E-state index contributed by atoms with van der Waals surface area (Å²) in [4.78, 5) is 19.2. The summed E-state index contributed by atoms with van der Waals surface area (Å²) in [6.45, 7) is 0. The first-order valence-corrected chi connectivity index (χ1v) is 9.47. The number of aromatic amines is 1. The molecule has 146 valence electrons. The van der Waals surface area contributed by atoms with Gasteiger partial charge in [-0.2, -0.15) is 0 Å². The third-order valence-electron chi connectivity index (χ3n) is 4.17. The number of pyridine rings is 1. The van der Waals surface area contributed by atoms with E-state index in [2.05, 4.69) is 20.2 Å². The minimum absolute atomic E-state index is 0.0000716. The molecule has 4 rings (SSSR count). The van der Waals surface area contributed by atoms with Gasteiger partial charge in [-0.05, 0) is 35.4 Å². The van der Waals surface area contributed by atoms with Crippen LogP contribution in [0.2, 0.25) is 0 Å². The molecule has 9 nitrogen and oxygen atoms in total. The van der Waals surface area contributed by atoms with E-state index >= 15 is 0 Å². The van der Waals surface area contributed by atoms with Crippen molar-refractivity contribution in [3.63, 3.8) is 0 Å². The van der Waals surface area contributed by atoms with Crippen molar-refractivity contribution in [2.75, 3.05) is 5.75 Å². The molecule has 4 aromatic rings. The van der Waals surface area contributed by atoms with Gasteiger partial charge in [-0.1, -0.05) is 23.9 Å². The van der Waals surface area contributed by atoms with Gasteiger partial charge < -0.3 is 20.7 Å². The molecule has 2 aromatic carbocycles. The Balaban J connectivity index is 1.75. The Bertz CT molecular complexity index is 1190. The number of hydrogen-bond acceptors (Lipinski definition) is 7. The monoisotopic (exact) mass is 408 g/mol. The minimum atomic E-state index is -1.31. The van der Waals surface area contributed by atoms with Gasteiger partial charge in [0, 0.05) is 29.3 Å². The number of quaternary nitrogens is 1. The summed E-state index contributed by atoms with van der Waals surface area (Å²) in [6.07, 6.45) is 1.71. The Morgan fingerprint density at radius 3 is 2.72 bits per heavy atom. The fourth-order valence-electron chi connectivity index (χ4n) is 2.87. The van der Waals surface area contributed by atoms with Crippen LogP contribution in [0.3, 0.4) is 0 Å². The molecule has 29 heavy (non-hydrogen) atoms. The molecule has 0 fully saturated rings.